The van der Waals surface area contributed by atoms with Crippen LogP contribution in [0.5, 0.6) is 0 Å². The van der Waals surface area contributed by atoms with Gasteiger partial charge >= 0.3 is 0 Å². The molecule has 0 heterocycles. The number of fused-ring (bicyclic) bond motifs is 1. The van der Waals surface area contributed by atoms with E-state index in [0.717, 1.165) is 36.7 Å². The third-order valence-electron chi connectivity index (χ3n) is 8.72. The van der Waals surface area contributed by atoms with Crippen molar-refractivity contribution in [2.75, 3.05) is 0 Å². The Morgan fingerprint density at radius 2 is 1.51 bits per heavy atom. The van der Waals surface area contributed by atoms with Gasteiger partial charge in [0.1, 0.15) is 0 Å². The molecular weight excluding hydrogens is 450 g/mol. The lowest BCUT2D eigenvalue weighted by molar-refractivity contribution is 0.0933. The fraction of sp³-hybridized carbons (Fsp3) is 0.629. The van der Waals surface area contributed by atoms with Gasteiger partial charge in [0.25, 0.3) is 5.91 Å². The van der Waals surface area contributed by atoms with E-state index in [4.69, 9.17) is 0 Å². The van der Waals surface area contributed by atoms with Crippen molar-refractivity contribution in [1.29, 1.82) is 0 Å². The highest BCUT2D eigenvalue weighted by Crippen LogP contribution is 2.27. The molecule has 2 aromatic carbocycles. The van der Waals surface area contributed by atoms with Crippen molar-refractivity contribution in [3.8, 4) is 0 Å². The molecule has 204 valence electrons. The molecule has 3 aliphatic rings. The van der Waals surface area contributed by atoms with Gasteiger partial charge in [-0.15, -0.1) is 0 Å². The van der Waals surface area contributed by atoms with Gasteiger partial charge in [0.05, 0.1) is 0 Å². The summed E-state index contributed by atoms with van der Waals surface area (Å²) in [6.07, 6.45) is 17.9. The second kappa shape index (κ2) is 15.4. The molecule has 2 aromatic rings. The van der Waals surface area contributed by atoms with Gasteiger partial charge in [-0.25, -0.2) is 0 Å². The molecule has 0 bridgehead atoms. The molecule has 0 saturated heterocycles. The maximum absolute atomic E-state index is 12.4. The molecule has 2 fully saturated rings. The average Bonchev–Trinajstić information content (AvgIpc) is 3.44. The van der Waals surface area contributed by atoms with Crippen LogP contribution in [0.2, 0.25) is 0 Å². The molecule has 37 heavy (non-hydrogen) atoms. The zero-order valence-electron chi connectivity index (χ0n) is 24.5. The van der Waals surface area contributed by atoms with Crippen LogP contribution in [0.1, 0.15) is 137 Å². The number of benzene rings is 2. The number of rotatable bonds is 4. The number of carbonyl (C=O) groups excluding carboxylic acids is 1. The molecule has 2 nitrogen and oxygen atoms in total. The summed E-state index contributed by atoms with van der Waals surface area (Å²) in [7, 11) is 0. The quantitative estimate of drug-likeness (QED) is 0.442. The van der Waals surface area contributed by atoms with Crippen molar-refractivity contribution in [2.24, 2.45) is 11.8 Å². The maximum Gasteiger partial charge on any atom is 0.251 e. The number of nitrogens with one attached hydrogen (secondary N) is 1. The van der Waals surface area contributed by atoms with Crippen molar-refractivity contribution in [2.45, 2.75) is 130 Å². The molecule has 0 radical (unpaired) electrons. The van der Waals surface area contributed by atoms with Gasteiger partial charge in [-0.2, -0.15) is 0 Å². The lowest BCUT2D eigenvalue weighted by Gasteiger charge is -2.26. The van der Waals surface area contributed by atoms with E-state index >= 15 is 0 Å². The van der Waals surface area contributed by atoms with Gasteiger partial charge in [0, 0.05) is 11.6 Å². The predicted octanol–water partition coefficient (Wildman–Crippen LogP) is 9.58. The Bertz CT molecular complexity index is 932. The van der Waals surface area contributed by atoms with Crippen molar-refractivity contribution in [3.05, 3.63) is 70.3 Å². The first-order valence-corrected chi connectivity index (χ1v) is 15.3. The third kappa shape index (κ3) is 9.95. The Kier molecular flexibility index (Phi) is 12.2. The van der Waals surface area contributed by atoms with Crippen molar-refractivity contribution in [3.63, 3.8) is 0 Å². The van der Waals surface area contributed by atoms with Crippen LogP contribution < -0.4 is 5.32 Å². The van der Waals surface area contributed by atoms with E-state index in [1.165, 1.54) is 86.5 Å². The van der Waals surface area contributed by atoms with Crippen LogP contribution in [0, 0.1) is 18.8 Å². The van der Waals surface area contributed by atoms with Crippen LogP contribution in [-0.4, -0.2) is 11.9 Å². The Morgan fingerprint density at radius 1 is 0.865 bits per heavy atom. The van der Waals surface area contributed by atoms with E-state index in [0.29, 0.717) is 5.92 Å². The van der Waals surface area contributed by atoms with Gasteiger partial charge in [-0.3, -0.25) is 4.79 Å². The van der Waals surface area contributed by atoms with E-state index < -0.39 is 0 Å². The highest BCUT2D eigenvalue weighted by atomic mass is 16.1. The molecule has 0 spiro atoms. The predicted molar refractivity (Wildman–Crippen MR) is 159 cm³/mol. The highest BCUT2D eigenvalue weighted by molar-refractivity contribution is 5.94. The minimum absolute atomic E-state index is 0.0391. The zero-order chi connectivity index (χ0) is 26.6. The lowest BCUT2D eigenvalue weighted by Crippen LogP contribution is -2.38. The smallest absolute Gasteiger partial charge is 0.251 e. The molecule has 1 N–H and O–H groups in total. The minimum Gasteiger partial charge on any atom is -0.349 e. The van der Waals surface area contributed by atoms with Crippen LogP contribution in [-0.2, 0) is 12.8 Å². The van der Waals surface area contributed by atoms with Gasteiger partial charge in [-0.1, -0.05) is 128 Å². The summed E-state index contributed by atoms with van der Waals surface area (Å²) in [5, 5.41) is 3.19. The fourth-order valence-corrected chi connectivity index (χ4v) is 5.96. The maximum atomic E-state index is 12.4. The standard InChI is InChI=1S/C21H25NO.2C7H14/c1-14(2)17-8-9-19-13-20(11-10-18(19)12-17)22-21(23)16-6-4-15(3)5-7-16;1-7-5-3-2-4-6-7;1-2-7-5-3-4-6-7/h4-9,12,14,20H,10-11,13H2,1-3H3,(H,22,23);2*7H,2-6H2,1H3. The Labute approximate surface area is 228 Å². The molecule has 1 unspecified atom stereocenters. The van der Waals surface area contributed by atoms with E-state index in [9.17, 15) is 4.79 Å². The van der Waals surface area contributed by atoms with Gasteiger partial charge in [-0.05, 0) is 72.8 Å². The van der Waals surface area contributed by atoms with Gasteiger partial charge in [0.2, 0.25) is 0 Å². The second-order valence-electron chi connectivity index (χ2n) is 12.3. The summed E-state index contributed by atoms with van der Waals surface area (Å²) in [5.41, 5.74) is 6.17. The summed E-state index contributed by atoms with van der Waals surface area (Å²) in [5.74, 6) is 2.74. The lowest BCUT2D eigenvalue weighted by atomic mass is 9.85. The average molecular weight is 504 g/mol. The van der Waals surface area contributed by atoms with Crippen molar-refractivity contribution < 1.29 is 4.79 Å². The van der Waals surface area contributed by atoms with E-state index in [1.54, 1.807) is 0 Å². The molecule has 2 saturated carbocycles. The van der Waals surface area contributed by atoms with Crippen LogP contribution in [0.25, 0.3) is 0 Å². The molecule has 1 atom stereocenters. The summed E-state index contributed by atoms with van der Waals surface area (Å²) in [4.78, 5) is 12.4. The Morgan fingerprint density at radius 3 is 2.05 bits per heavy atom. The molecule has 3 aliphatic carbocycles. The third-order valence-corrected chi connectivity index (χ3v) is 8.72. The number of carbonyl (C=O) groups is 1. The highest BCUT2D eigenvalue weighted by Gasteiger charge is 2.21. The largest absolute Gasteiger partial charge is 0.349 e. The summed E-state index contributed by atoms with van der Waals surface area (Å²) < 4.78 is 0. The summed E-state index contributed by atoms with van der Waals surface area (Å²) >= 11 is 0. The zero-order valence-corrected chi connectivity index (χ0v) is 24.5. The fourth-order valence-electron chi connectivity index (χ4n) is 5.96. The monoisotopic (exact) mass is 503 g/mol. The van der Waals surface area contributed by atoms with Gasteiger partial charge in [0.15, 0.2) is 0 Å². The Balaban J connectivity index is 0.000000220. The van der Waals surface area contributed by atoms with Crippen molar-refractivity contribution >= 4 is 5.91 Å². The van der Waals surface area contributed by atoms with Crippen LogP contribution in [0.4, 0.5) is 0 Å². The van der Waals surface area contributed by atoms with Crippen LogP contribution >= 0.6 is 0 Å². The molecule has 0 aromatic heterocycles. The molecule has 2 heteroatoms. The SMILES string of the molecule is CC1CCCCC1.CCC1CCCC1.Cc1ccc(C(=O)NC2CCc3cc(C(C)C)ccc3C2)cc1. The van der Waals surface area contributed by atoms with E-state index in [-0.39, 0.29) is 11.9 Å². The first-order chi connectivity index (χ1) is 17.9. The van der Waals surface area contributed by atoms with Crippen molar-refractivity contribution in [1.82, 2.24) is 5.32 Å². The van der Waals surface area contributed by atoms with E-state index in [1.807, 2.05) is 31.2 Å². The normalized spacial score (nSPS) is 19.8. The Hall–Kier alpha value is -2.09. The topological polar surface area (TPSA) is 29.1 Å². The number of aryl methyl sites for hydroxylation is 2. The van der Waals surface area contributed by atoms with Gasteiger partial charge < -0.3 is 5.32 Å². The second-order valence-corrected chi connectivity index (χ2v) is 12.3. The molecule has 1 amide bonds. The number of hydrogen-bond donors (Lipinski definition) is 1. The number of hydrogen-bond acceptors (Lipinski definition) is 1. The first kappa shape index (κ1) is 29.5. The molecule has 5 rings (SSSR count). The van der Waals surface area contributed by atoms with E-state index in [2.05, 4.69) is 51.2 Å². The first-order valence-electron chi connectivity index (χ1n) is 15.3. The number of amides is 1. The van der Waals surface area contributed by atoms with Crippen LogP contribution in [0.15, 0.2) is 42.5 Å². The molecule has 0 aliphatic heterocycles. The summed E-state index contributed by atoms with van der Waals surface area (Å²) in [6.45, 7) is 11.2. The molecular formula is C35H53NO. The summed E-state index contributed by atoms with van der Waals surface area (Å²) in [6, 6.07) is 14.8. The van der Waals surface area contributed by atoms with Crippen LogP contribution in [0.3, 0.4) is 0 Å². The minimum atomic E-state index is 0.0391.